The van der Waals surface area contributed by atoms with Crippen LogP contribution in [-0.4, -0.2) is 114 Å². The molecule has 304 valence electrons. The molecule has 1 heterocycles. The molecule has 3 amide bonds. The maximum atomic E-state index is 14.2. The molecule has 13 heteroatoms. The number of carbonyl (C=O) groups is 3. The first kappa shape index (κ1) is 42.6. The van der Waals surface area contributed by atoms with Crippen molar-refractivity contribution in [1.82, 2.24) is 20.9 Å². The SMILES string of the molecule is CC(C)(C)OC(=O)N[C@@H](CCO)C(=O)NC(Cc1ccccc1)C(O)CC(Cc1ccc(OCCN2CCOCC2)cc1)C(=O)N[C@H]1c2ccccc2C[C@@H]1O. The lowest BCUT2D eigenvalue weighted by Gasteiger charge is -2.30. The first-order valence-corrected chi connectivity index (χ1v) is 19.6. The molecule has 0 spiro atoms. The summed E-state index contributed by atoms with van der Waals surface area (Å²) in [6, 6.07) is 21.9. The van der Waals surface area contributed by atoms with Crippen molar-refractivity contribution in [3.63, 3.8) is 0 Å². The van der Waals surface area contributed by atoms with Crippen molar-refractivity contribution >= 4 is 17.9 Å². The predicted octanol–water partition coefficient (Wildman–Crippen LogP) is 3.09. The summed E-state index contributed by atoms with van der Waals surface area (Å²) >= 11 is 0. The molecular weight excluding hydrogens is 716 g/mol. The number of aliphatic hydroxyl groups is 3. The largest absolute Gasteiger partial charge is 0.492 e. The van der Waals surface area contributed by atoms with Gasteiger partial charge in [-0.25, -0.2) is 4.79 Å². The number of hydrogen-bond acceptors (Lipinski definition) is 10. The number of amides is 3. The van der Waals surface area contributed by atoms with Crippen LogP contribution in [0.4, 0.5) is 4.79 Å². The highest BCUT2D eigenvalue weighted by Crippen LogP contribution is 2.32. The van der Waals surface area contributed by atoms with Crippen LogP contribution in [-0.2, 0) is 38.3 Å². The molecule has 1 saturated heterocycles. The van der Waals surface area contributed by atoms with Crippen molar-refractivity contribution in [2.75, 3.05) is 46.1 Å². The summed E-state index contributed by atoms with van der Waals surface area (Å²) in [7, 11) is 0. The minimum Gasteiger partial charge on any atom is -0.492 e. The summed E-state index contributed by atoms with van der Waals surface area (Å²) in [5.41, 5.74) is 2.70. The standard InChI is InChI=1S/C43H58N4O9/c1-43(2,3)56-42(53)45-35(17-21-48)41(52)44-36(26-29-9-5-4-6-10-29)37(49)28-32(40(51)46-39-34-12-8-7-11-31(34)27-38(39)50)25-30-13-15-33(16-14-30)55-24-20-47-18-22-54-23-19-47/h4-16,32,35-39,48-50H,17-28H2,1-3H3,(H,44,52)(H,45,53)(H,46,51)/t32?,35-,36?,37?,38-,39-/m0/s1. The van der Waals surface area contributed by atoms with E-state index in [-0.39, 0.29) is 38.2 Å². The fraction of sp³-hybridized carbons (Fsp3) is 0.512. The lowest BCUT2D eigenvalue weighted by Crippen LogP contribution is -2.54. The third-order valence-corrected chi connectivity index (χ3v) is 10.1. The van der Waals surface area contributed by atoms with Gasteiger partial charge in [0.05, 0.1) is 37.5 Å². The first-order valence-electron chi connectivity index (χ1n) is 19.6. The predicted molar refractivity (Wildman–Crippen MR) is 211 cm³/mol. The number of hydrogen-bond donors (Lipinski definition) is 6. The van der Waals surface area contributed by atoms with Gasteiger partial charge in [0.25, 0.3) is 0 Å². The summed E-state index contributed by atoms with van der Waals surface area (Å²) < 4.78 is 16.8. The van der Waals surface area contributed by atoms with Crippen LogP contribution in [0, 0.1) is 5.92 Å². The van der Waals surface area contributed by atoms with E-state index < -0.39 is 53.9 Å². The Balaban J connectivity index is 1.33. The van der Waals surface area contributed by atoms with Gasteiger partial charge in [0.1, 0.15) is 24.0 Å². The Labute approximate surface area is 329 Å². The van der Waals surface area contributed by atoms with Gasteiger partial charge in [0.2, 0.25) is 11.8 Å². The maximum absolute atomic E-state index is 14.2. The van der Waals surface area contributed by atoms with Gasteiger partial charge < -0.3 is 45.5 Å². The number of ether oxygens (including phenoxy) is 3. The van der Waals surface area contributed by atoms with Crippen LogP contribution in [0.15, 0.2) is 78.9 Å². The van der Waals surface area contributed by atoms with Gasteiger partial charge in [0, 0.05) is 38.6 Å². The summed E-state index contributed by atoms with van der Waals surface area (Å²) in [6.07, 6.45) is -2.03. The molecule has 1 fully saturated rings. The van der Waals surface area contributed by atoms with Gasteiger partial charge in [-0.1, -0.05) is 66.7 Å². The zero-order valence-corrected chi connectivity index (χ0v) is 32.7. The molecule has 6 N–H and O–H groups in total. The molecule has 0 bridgehead atoms. The van der Waals surface area contributed by atoms with E-state index in [1.54, 1.807) is 20.8 Å². The Bertz CT molecular complexity index is 1700. The van der Waals surface area contributed by atoms with Crippen LogP contribution in [0.1, 0.15) is 61.9 Å². The van der Waals surface area contributed by atoms with E-state index in [1.165, 1.54) is 0 Å². The van der Waals surface area contributed by atoms with Crippen LogP contribution in [0.5, 0.6) is 5.75 Å². The Morgan fingerprint density at radius 3 is 2.27 bits per heavy atom. The van der Waals surface area contributed by atoms with Crippen LogP contribution < -0.4 is 20.7 Å². The molecule has 3 aromatic carbocycles. The van der Waals surface area contributed by atoms with Gasteiger partial charge >= 0.3 is 6.09 Å². The summed E-state index contributed by atoms with van der Waals surface area (Å²) in [5.74, 6) is -1.01. The number of fused-ring (bicyclic) bond motifs is 1. The number of rotatable bonds is 18. The highest BCUT2D eigenvalue weighted by Gasteiger charge is 2.36. The third kappa shape index (κ3) is 13.0. The number of benzene rings is 3. The second-order valence-corrected chi connectivity index (χ2v) is 15.6. The van der Waals surface area contributed by atoms with E-state index in [4.69, 9.17) is 14.2 Å². The maximum Gasteiger partial charge on any atom is 0.408 e. The summed E-state index contributed by atoms with van der Waals surface area (Å²) in [6.45, 7) is 9.25. The Hall–Kier alpha value is -4.53. The molecule has 0 aromatic heterocycles. The van der Waals surface area contributed by atoms with Gasteiger partial charge in [-0.3, -0.25) is 14.5 Å². The molecule has 1 aliphatic heterocycles. The first-order chi connectivity index (χ1) is 26.9. The molecule has 56 heavy (non-hydrogen) atoms. The number of nitrogens with zero attached hydrogens (tertiary/aromatic N) is 1. The minimum atomic E-state index is -1.21. The fourth-order valence-electron chi connectivity index (χ4n) is 7.16. The van der Waals surface area contributed by atoms with E-state index in [9.17, 15) is 29.7 Å². The lowest BCUT2D eigenvalue weighted by atomic mass is 9.88. The number of nitrogens with one attached hydrogen (secondary N) is 3. The van der Waals surface area contributed by atoms with Gasteiger partial charge in [-0.2, -0.15) is 0 Å². The topological polar surface area (TPSA) is 179 Å². The Morgan fingerprint density at radius 1 is 0.893 bits per heavy atom. The highest BCUT2D eigenvalue weighted by molar-refractivity contribution is 5.86. The normalized spacial score (nSPS) is 19.2. The van der Waals surface area contributed by atoms with Gasteiger partial charge in [0.15, 0.2) is 0 Å². The van der Waals surface area contributed by atoms with E-state index >= 15 is 0 Å². The van der Waals surface area contributed by atoms with E-state index in [2.05, 4.69) is 20.9 Å². The zero-order chi connectivity index (χ0) is 40.1. The highest BCUT2D eigenvalue weighted by atomic mass is 16.6. The average Bonchev–Trinajstić information content (AvgIpc) is 3.48. The molecule has 0 saturated carbocycles. The number of aliphatic hydroxyl groups excluding tert-OH is 3. The van der Waals surface area contributed by atoms with Gasteiger partial charge in [-0.15, -0.1) is 0 Å². The van der Waals surface area contributed by atoms with Crippen molar-refractivity contribution in [2.24, 2.45) is 5.92 Å². The van der Waals surface area contributed by atoms with E-state index in [0.29, 0.717) is 18.8 Å². The molecule has 3 aromatic rings. The Kier molecular flexibility index (Phi) is 15.7. The molecular formula is C43H58N4O9. The number of carbonyl (C=O) groups excluding carboxylic acids is 3. The second-order valence-electron chi connectivity index (χ2n) is 15.6. The molecule has 6 atom stereocenters. The number of morpholine rings is 1. The molecule has 5 rings (SSSR count). The van der Waals surface area contributed by atoms with Crippen LogP contribution in [0.25, 0.3) is 0 Å². The molecule has 2 aliphatic rings. The zero-order valence-electron chi connectivity index (χ0n) is 32.7. The summed E-state index contributed by atoms with van der Waals surface area (Å²) in [5, 5.41) is 41.2. The minimum absolute atomic E-state index is 0.0317. The smallest absolute Gasteiger partial charge is 0.408 e. The van der Waals surface area contributed by atoms with Crippen LogP contribution in [0.3, 0.4) is 0 Å². The molecule has 1 aliphatic carbocycles. The van der Waals surface area contributed by atoms with E-state index in [1.807, 2.05) is 78.9 Å². The molecule has 13 nitrogen and oxygen atoms in total. The van der Waals surface area contributed by atoms with Crippen molar-refractivity contribution in [3.05, 3.63) is 101 Å². The van der Waals surface area contributed by atoms with Crippen LogP contribution >= 0.6 is 0 Å². The number of alkyl carbamates (subject to hydrolysis) is 1. The second kappa shape index (κ2) is 20.6. The summed E-state index contributed by atoms with van der Waals surface area (Å²) in [4.78, 5) is 42.8. The fourth-order valence-corrected chi connectivity index (χ4v) is 7.16. The quantitative estimate of drug-likeness (QED) is 0.113. The van der Waals surface area contributed by atoms with Crippen LogP contribution in [0.2, 0.25) is 0 Å². The molecule has 3 unspecified atom stereocenters. The molecule has 0 radical (unpaired) electrons. The van der Waals surface area contributed by atoms with Gasteiger partial charge in [-0.05, 0) is 80.8 Å². The lowest BCUT2D eigenvalue weighted by molar-refractivity contribution is -0.128. The van der Waals surface area contributed by atoms with Crippen molar-refractivity contribution in [1.29, 1.82) is 0 Å². The monoisotopic (exact) mass is 774 g/mol. The Morgan fingerprint density at radius 2 is 1.57 bits per heavy atom. The van der Waals surface area contributed by atoms with Crippen molar-refractivity contribution in [3.8, 4) is 5.75 Å². The third-order valence-electron chi connectivity index (χ3n) is 10.1. The van der Waals surface area contributed by atoms with Crippen molar-refractivity contribution in [2.45, 2.75) is 88.8 Å². The van der Waals surface area contributed by atoms with Crippen molar-refractivity contribution < 1.29 is 43.9 Å². The average molecular weight is 775 g/mol. The van der Waals surface area contributed by atoms with E-state index in [0.717, 1.165) is 55.1 Å².